The van der Waals surface area contributed by atoms with Gasteiger partial charge in [0.1, 0.15) is 11.8 Å². The van der Waals surface area contributed by atoms with Crippen molar-refractivity contribution >= 4 is 35.1 Å². The average molecular weight is 426 g/mol. The molecule has 3 fully saturated rings. The quantitative estimate of drug-likeness (QED) is 0.804. The Morgan fingerprint density at radius 2 is 1.79 bits per heavy atom. The van der Waals surface area contributed by atoms with Crippen LogP contribution < -0.4 is 15.1 Å². The Morgan fingerprint density at radius 1 is 1.17 bits per heavy atom. The van der Waals surface area contributed by atoms with Crippen LogP contribution in [0.25, 0.3) is 0 Å². The topological polar surface area (TPSA) is 61.9 Å². The standard InChI is InChI=1S/C20H25F2N3O3S/c1-12(26)23-8-16-11-25(20(27)28-16)15-6-17(21)19(18(22)7-15)24-9-13-2-4-29-5-3-14(13)10-24/h6-7,13-14,16H,2-5,8-11H2,1H3,(H,23,26)/t13?,14?,16-/m0/s1. The van der Waals surface area contributed by atoms with Gasteiger partial charge in [0.05, 0.1) is 18.8 Å². The zero-order valence-corrected chi connectivity index (χ0v) is 17.1. The molecule has 29 heavy (non-hydrogen) atoms. The lowest BCUT2D eigenvalue weighted by molar-refractivity contribution is -0.119. The second-order valence-electron chi connectivity index (χ2n) is 7.93. The molecule has 3 saturated heterocycles. The number of cyclic esters (lactones) is 1. The average Bonchev–Trinajstić information content (AvgIpc) is 3.15. The van der Waals surface area contributed by atoms with Gasteiger partial charge in [0, 0.05) is 32.1 Å². The summed E-state index contributed by atoms with van der Waals surface area (Å²) in [6.07, 6.45) is 0.943. The zero-order valence-electron chi connectivity index (χ0n) is 16.3. The van der Waals surface area contributed by atoms with Gasteiger partial charge in [-0.25, -0.2) is 13.6 Å². The molecule has 0 spiro atoms. The smallest absolute Gasteiger partial charge is 0.414 e. The summed E-state index contributed by atoms with van der Waals surface area (Å²) >= 11 is 1.96. The summed E-state index contributed by atoms with van der Waals surface area (Å²) in [7, 11) is 0. The lowest BCUT2D eigenvalue weighted by Gasteiger charge is -2.22. The number of nitrogens with one attached hydrogen (secondary N) is 1. The summed E-state index contributed by atoms with van der Waals surface area (Å²) in [4.78, 5) is 26.2. The highest BCUT2D eigenvalue weighted by molar-refractivity contribution is 7.99. The molecule has 9 heteroatoms. The van der Waals surface area contributed by atoms with Crippen molar-refractivity contribution in [3.05, 3.63) is 23.8 Å². The summed E-state index contributed by atoms with van der Waals surface area (Å²) in [5, 5.41) is 2.58. The van der Waals surface area contributed by atoms with E-state index < -0.39 is 23.8 Å². The van der Waals surface area contributed by atoms with Crippen LogP contribution in [0.15, 0.2) is 12.1 Å². The molecule has 0 aromatic heterocycles. The number of fused-ring (bicyclic) bond motifs is 1. The van der Waals surface area contributed by atoms with Gasteiger partial charge in [0.25, 0.3) is 0 Å². The number of benzene rings is 1. The van der Waals surface area contributed by atoms with Gasteiger partial charge in [-0.3, -0.25) is 9.69 Å². The van der Waals surface area contributed by atoms with Crippen LogP contribution in [0.3, 0.4) is 0 Å². The first-order valence-electron chi connectivity index (χ1n) is 9.96. The minimum absolute atomic E-state index is 0.00293. The maximum absolute atomic E-state index is 14.9. The van der Waals surface area contributed by atoms with Gasteiger partial charge in [0.15, 0.2) is 11.6 Å². The normalized spacial score (nSPS) is 26.9. The molecule has 4 rings (SSSR count). The minimum Gasteiger partial charge on any atom is -0.442 e. The van der Waals surface area contributed by atoms with Gasteiger partial charge in [0.2, 0.25) is 5.91 Å². The van der Waals surface area contributed by atoms with Crippen molar-refractivity contribution in [3.8, 4) is 0 Å². The SMILES string of the molecule is CC(=O)NC[C@H]1CN(c2cc(F)c(N3CC4CCSCCC4C3)c(F)c2)C(=O)O1. The number of rotatable bonds is 4. The summed E-state index contributed by atoms with van der Waals surface area (Å²) in [6, 6.07) is 2.40. The van der Waals surface area contributed by atoms with E-state index in [1.165, 1.54) is 24.0 Å². The number of carbonyl (C=O) groups is 2. The highest BCUT2D eigenvalue weighted by Crippen LogP contribution is 2.39. The Kier molecular flexibility index (Phi) is 5.85. The van der Waals surface area contributed by atoms with Crippen LogP contribution >= 0.6 is 11.8 Å². The number of carbonyl (C=O) groups excluding carboxylic acids is 2. The Hall–Kier alpha value is -2.03. The molecule has 3 aliphatic rings. The first-order chi connectivity index (χ1) is 13.9. The van der Waals surface area contributed by atoms with Gasteiger partial charge in [-0.05, 0) is 36.2 Å². The Balaban J connectivity index is 1.49. The van der Waals surface area contributed by atoms with Crippen LogP contribution in [0.1, 0.15) is 19.8 Å². The van der Waals surface area contributed by atoms with Crippen molar-refractivity contribution in [1.29, 1.82) is 0 Å². The van der Waals surface area contributed by atoms with Gasteiger partial charge in [-0.2, -0.15) is 11.8 Å². The number of thioether (sulfide) groups is 1. The zero-order chi connectivity index (χ0) is 20.5. The number of hydrogen-bond donors (Lipinski definition) is 1. The van der Waals surface area contributed by atoms with Crippen molar-refractivity contribution in [2.24, 2.45) is 11.8 Å². The number of halogens is 2. The van der Waals surface area contributed by atoms with Crippen LogP contribution in [-0.2, 0) is 9.53 Å². The molecule has 2 unspecified atom stereocenters. The van der Waals surface area contributed by atoms with Crippen molar-refractivity contribution in [2.45, 2.75) is 25.9 Å². The van der Waals surface area contributed by atoms with E-state index in [1.54, 1.807) is 0 Å². The molecule has 3 aliphatic heterocycles. The molecule has 0 radical (unpaired) electrons. The highest BCUT2D eigenvalue weighted by Gasteiger charge is 2.37. The third-order valence-corrected chi connectivity index (χ3v) is 6.97. The fraction of sp³-hybridized carbons (Fsp3) is 0.600. The molecule has 1 N–H and O–H groups in total. The molecule has 0 saturated carbocycles. The van der Waals surface area contributed by atoms with Gasteiger partial charge in [-0.1, -0.05) is 0 Å². The van der Waals surface area contributed by atoms with Crippen LogP contribution in [0.5, 0.6) is 0 Å². The Morgan fingerprint density at radius 3 is 2.38 bits per heavy atom. The molecule has 3 atom stereocenters. The fourth-order valence-corrected chi connectivity index (χ4v) is 5.60. The first kappa shape index (κ1) is 20.3. The molecular weight excluding hydrogens is 400 g/mol. The predicted octanol–water partition coefficient (Wildman–Crippen LogP) is 3.01. The molecule has 2 amide bonds. The van der Waals surface area contributed by atoms with E-state index in [-0.39, 0.29) is 30.4 Å². The molecule has 1 aromatic carbocycles. The number of anilines is 2. The Bertz CT molecular complexity index is 772. The van der Waals surface area contributed by atoms with E-state index in [0.29, 0.717) is 24.9 Å². The van der Waals surface area contributed by atoms with E-state index in [9.17, 15) is 18.4 Å². The summed E-state index contributed by atoms with van der Waals surface area (Å²) in [5.41, 5.74) is 0.126. The maximum Gasteiger partial charge on any atom is 0.414 e. The van der Waals surface area contributed by atoms with Crippen LogP contribution in [0, 0.1) is 23.5 Å². The summed E-state index contributed by atoms with van der Waals surface area (Å²) in [5.74, 6) is 1.61. The van der Waals surface area contributed by atoms with Crippen LogP contribution in [0.4, 0.5) is 25.0 Å². The van der Waals surface area contributed by atoms with E-state index in [1.807, 2.05) is 16.7 Å². The predicted molar refractivity (Wildman–Crippen MR) is 108 cm³/mol. The summed E-state index contributed by atoms with van der Waals surface area (Å²) < 4.78 is 35.0. The minimum atomic E-state index is -0.673. The third-order valence-electron chi connectivity index (χ3n) is 5.92. The van der Waals surface area contributed by atoms with Crippen molar-refractivity contribution in [3.63, 3.8) is 0 Å². The molecule has 158 valence electrons. The number of amides is 2. The van der Waals surface area contributed by atoms with E-state index in [2.05, 4.69) is 5.32 Å². The molecule has 0 bridgehead atoms. The largest absolute Gasteiger partial charge is 0.442 e. The fourth-order valence-electron chi connectivity index (χ4n) is 4.45. The molecule has 1 aromatic rings. The van der Waals surface area contributed by atoms with E-state index in [0.717, 1.165) is 24.3 Å². The second-order valence-corrected chi connectivity index (χ2v) is 9.15. The lowest BCUT2D eigenvalue weighted by atomic mass is 9.92. The maximum atomic E-state index is 14.9. The van der Waals surface area contributed by atoms with Crippen molar-refractivity contribution < 1.29 is 23.1 Å². The molecule has 6 nitrogen and oxygen atoms in total. The summed E-state index contributed by atoms with van der Waals surface area (Å²) in [6.45, 7) is 3.00. The Labute approximate surface area is 172 Å². The highest BCUT2D eigenvalue weighted by atomic mass is 32.2. The number of hydrogen-bond acceptors (Lipinski definition) is 5. The molecule has 3 heterocycles. The molecular formula is C20H25F2N3O3S. The monoisotopic (exact) mass is 425 g/mol. The number of ether oxygens (including phenoxy) is 1. The van der Waals surface area contributed by atoms with E-state index >= 15 is 0 Å². The van der Waals surface area contributed by atoms with Crippen molar-refractivity contribution in [2.75, 3.05) is 47.5 Å². The number of nitrogens with zero attached hydrogens (tertiary/aromatic N) is 2. The first-order valence-corrected chi connectivity index (χ1v) is 11.1. The second kappa shape index (κ2) is 8.38. The van der Waals surface area contributed by atoms with Crippen LogP contribution in [-0.4, -0.2) is 55.8 Å². The van der Waals surface area contributed by atoms with Gasteiger partial charge in [-0.15, -0.1) is 0 Å². The lowest BCUT2D eigenvalue weighted by Crippen LogP contribution is -2.33. The van der Waals surface area contributed by atoms with Crippen molar-refractivity contribution in [1.82, 2.24) is 5.32 Å². The third kappa shape index (κ3) is 4.29. The van der Waals surface area contributed by atoms with Gasteiger partial charge < -0.3 is 15.0 Å². The molecule has 0 aliphatic carbocycles. The van der Waals surface area contributed by atoms with Gasteiger partial charge >= 0.3 is 6.09 Å². The van der Waals surface area contributed by atoms with Crippen LogP contribution in [0.2, 0.25) is 0 Å². The van der Waals surface area contributed by atoms with E-state index in [4.69, 9.17) is 4.74 Å².